The number of anilines is 1. The third kappa shape index (κ3) is 3.41. The van der Waals surface area contributed by atoms with E-state index in [0.717, 1.165) is 29.5 Å². The van der Waals surface area contributed by atoms with Gasteiger partial charge in [-0.25, -0.2) is 4.98 Å². The molecule has 2 aromatic heterocycles. The van der Waals surface area contributed by atoms with Crippen molar-refractivity contribution in [1.82, 2.24) is 10.3 Å². The van der Waals surface area contributed by atoms with Crippen LogP contribution in [0.5, 0.6) is 0 Å². The molecule has 24 heavy (non-hydrogen) atoms. The van der Waals surface area contributed by atoms with Gasteiger partial charge in [-0.05, 0) is 57.6 Å². The van der Waals surface area contributed by atoms with E-state index in [-0.39, 0.29) is 11.4 Å². The smallest absolute Gasteiger partial charge is 0.263 e. The van der Waals surface area contributed by atoms with Crippen LogP contribution in [0.25, 0.3) is 10.2 Å². The zero-order valence-corrected chi connectivity index (χ0v) is 15.7. The zero-order valence-electron chi connectivity index (χ0n) is 14.9. The van der Waals surface area contributed by atoms with Crippen LogP contribution in [0.4, 0.5) is 5.69 Å². The molecule has 0 atom stereocenters. The number of aromatic nitrogens is 1. The highest BCUT2D eigenvalue weighted by atomic mass is 32.1. The minimum absolute atomic E-state index is 0.0882. The second-order valence-corrected chi connectivity index (χ2v) is 8.40. The fourth-order valence-electron chi connectivity index (χ4n) is 3.13. The van der Waals surface area contributed by atoms with Gasteiger partial charge >= 0.3 is 0 Å². The van der Waals surface area contributed by atoms with Crippen molar-refractivity contribution in [2.24, 2.45) is 0 Å². The molecule has 0 fully saturated rings. The molecule has 2 heterocycles. The molecular weight excluding hydrogens is 318 g/mol. The van der Waals surface area contributed by atoms with Crippen molar-refractivity contribution < 1.29 is 4.79 Å². The maximum Gasteiger partial charge on any atom is 0.263 e. The molecule has 3 rings (SSSR count). The quantitative estimate of drug-likeness (QED) is 0.863. The summed E-state index contributed by atoms with van der Waals surface area (Å²) in [7, 11) is 0. The van der Waals surface area contributed by atoms with E-state index in [4.69, 9.17) is 10.7 Å². The van der Waals surface area contributed by atoms with Crippen LogP contribution in [0.2, 0.25) is 0 Å². The standard InChI is InChI=1S/C19H27N3OS/c1-4-19(2,3)22-17(23)16-15(20)13-11-12-9-7-5-6-8-10-14(12)21-18(13)24-16/h11H,4-10,20H2,1-3H3,(H,22,23). The summed E-state index contributed by atoms with van der Waals surface area (Å²) in [6.45, 7) is 6.12. The van der Waals surface area contributed by atoms with Crippen molar-refractivity contribution >= 4 is 33.1 Å². The Balaban J connectivity index is 1.99. The molecule has 0 saturated carbocycles. The van der Waals surface area contributed by atoms with Gasteiger partial charge in [0.05, 0.1) is 5.69 Å². The van der Waals surface area contributed by atoms with E-state index in [9.17, 15) is 4.79 Å². The Morgan fingerprint density at radius 2 is 2.00 bits per heavy atom. The van der Waals surface area contributed by atoms with Crippen molar-refractivity contribution in [2.45, 2.75) is 71.3 Å². The molecule has 4 nitrogen and oxygen atoms in total. The van der Waals surface area contributed by atoms with Crippen LogP contribution in [0.1, 0.15) is 73.8 Å². The number of thiophene rings is 1. The van der Waals surface area contributed by atoms with Gasteiger partial charge in [-0.3, -0.25) is 4.79 Å². The average molecular weight is 346 g/mol. The van der Waals surface area contributed by atoms with Crippen molar-refractivity contribution in [3.8, 4) is 0 Å². The summed E-state index contributed by atoms with van der Waals surface area (Å²) < 4.78 is 0. The van der Waals surface area contributed by atoms with Crippen molar-refractivity contribution in [3.63, 3.8) is 0 Å². The normalized spacial score (nSPS) is 15.6. The molecule has 0 aromatic carbocycles. The maximum atomic E-state index is 12.6. The molecule has 3 N–H and O–H groups in total. The van der Waals surface area contributed by atoms with E-state index < -0.39 is 0 Å². The summed E-state index contributed by atoms with van der Waals surface area (Å²) in [5.74, 6) is -0.0882. The number of carbonyl (C=O) groups excluding carboxylic acids is 1. The molecule has 5 heteroatoms. The van der Waals surface area contributed by atoms with Gasteiger partial charge in [-0.2, -0.15) is 0 Å². The topological polar surface area (TPSA) is 68.0 Å². The Hall–Kier alpha value is -1.62. The summed E-state index contributed by atoms with van der Waals surface area (Å²) in [6, 6.07) is 2.18. The van der Waals surface area contributed by atoms with Crippen LogP contribution in [-0.2, 0) is 12.8 Å². The molecule has 130 valence electrons. The number of aryl methyl sites for hydroxylation is 2. The predicted molar refractivity (Wildman–Crippen MR) is 102 cm³/mol. The molecule has 0 bridgehead atoms. The summed E-state index contributed by atoms with van der Waals surface area (Å²) in [4.78, 5) is 19.0. The first kappa shape index (κ1) is 17.2. The summed E-state index contributed by atoms with van der Waals surface area (Å²) in [5.41, 5.74) is 9.17. The number of pyridine rings is 1. The fourth-order valence-corrected chi connectivity index (χ4v) is 4.13. The van der Waals surface area contributed by atoms with Gasteiger partial charge in [0, 0.05) is 16.6 Å². The highest BCUT2D eigenvalue weighted by molar-refractivity contribution is 7.21. The summed E-state index contributed by atoms with van der Waals surface area (Å²) >= 11 is 1.42. The van der Waals surface area contributed by atoms with Crippen LogP contribution in [-0.4, -0.2) is 16.4 Å². The van der Waals surface area contributed by atoms with E-state index >= 15 is 0 Å². The maximum absolute atomic E-state index is 12.6. The number of rotatable bonds is 3. The van der Waals surface area contributed by atoms with Crippen molar-refractivity contribution in [2.75, 3.05) is 5.73 Å². The zero-order chi connectivity index (χ0) is 17.3. The number of nitrogen functional groups attached to an aromatic ring is 1. The Morgan fingerprint density at radius 3 is 2.71 bits per heavy atom. The lowest BCUT2D eigenvalue weighted by atomic mass is 9.96. The number of hydrogen-bond acceptors (Lipinski definition) is 4. The van der Waals surface area contributed by atoms with Crippen LogP contribution >= 0.6 is 11.3 Å². The number of nitrogens with one attached hydrogen (secondary N) is 1. The first-order chi connectivity index (χ1) is 11.4. The van der Waals surface area contributed by atoms with Gasteiger partial charge in [-0.15, -0.1) is 11.3 Å². The number of amides is 1. The monoisotopic (exact) mass is 345 g/mol. The SMILES string of the molecule is CCC(C)(C)NC(=O)c1sc2nc3c(cc2c1N)CCCCCC3. The predicted octanol–water partition coefficient (Wildman–Crippen LogP) is 4.46. The van der Waals surface area contributed by atoms with Gasteiger partial charge in [0.1, 0.15) is 9.71 Å². The van der Waals surface area contributed by atoms with E-state index in [0.29, 0.717) is 10.6 Å². The van der Waals surface area contributed by atoms with E-state index in [1.54, 1.807) is 0 Å². The number of nitrogens with two attached hydrogens (primary N) is 1. The van der Waals surface area contributed by atoms with Crippen molar-refractivity contribution in [1.29, 1.82) is 0 Å². The number of hydrogen-bond donors (Lipinski definition) is 2. The highest BCUT2D eigenvalue weighted by Crippen LogP contribution is 2.35. The van der Waals surface area contributed by atoms with Gasteiger partial charge in [0.2, 0.25) is 0 Å². The van der Waals surface area contributed by atoms with Crippen LogP contribution in [0.3, 0.4) is 0 Å². The number of fused-ring (bicyclic) bond motifs is 2. The Morgan fingerprint density at radius 1 is 1.29 bits per heavy atom. The van der Waals surface area contributed by atoms with E-state index in [2.05, 4.69) is 18.3 Å². The number of nitrogens with zero attached hydrogens (tertiary/aromatic N) is 1. The summed E-state index contributed by atoms with van der Waals surface area (Å²) in [5, 5.41) is 4.02. The lowest BCUT2D eigenvalue weighted by molar-refractivity contribution is 0.0916. The third-order valence-electron chi connectivity index (χ3n) is 5.04. The molecule has 0 saturated heterocycles. The first-order valence-electron chi connectivity index (χ1n) is 8.94. The second-order valence-electron chi connectivity index (χ2n) is 7.40. The second kappa shape index (κ2) is 6.71. The molecule has 0 radical (unpaired) electrons. The Kier molecular flexibility index (Phi) is 4.81. The molecule has 0 aliphatic heterocycles. The molecule has 1 aliphatic carbocycles. The molecule has 1 amide bonds. The third-order valence-corrected chi connectivity index (χ3v) is 6.16. The minimum Gasteiger partial charge on any atom is -0.397 e. The summed E-state index contributed by atoms with van der Waals surface area (Å²) in [6.07, 6.45) is 7.95. The number of carbonyl (C=O) groups is 1. The molecular formula is C19H27N3OS. The van der Waals surface area contributed by atoms with Crippen molar-refractivity contribution in [3.05, 3.63) is 22.2 Å². The van der Waals surface area contributed by atoms with Gasteiger partial charge in [0.25, 0.3) is 5.91 Å². The minimum atomic E-state index is -0.234. The van der Waals surface area contributed by atoms with E-state index in [1.165, 1.54) is 48.3 Å². The van der Waals surface area contributed by atoms with Crippen LogP contribution in [0.15, 0.2) is 6.07 Å². The van der Waals surface area contributed by atoms with Crippen LogP contribution < -0.4 is 11.1 Å². The lowest BCUT2D eigenvalue weighted by Crippen LogP contribution is -2.42. The largest absolute Gasteiger partial charge is 0.397 e. The molecule has 1 aliphatic rings. The fraction of sp³-hybridized carbons (Fsp3) is 0.579. The van der Waals surface area contributed by atoms with Crippen LogP contribution in [0, 0.1) is 0 Å². The lowest BCUT2D eigenvalue weighted by Gasteiger charge is -2.24. The Labute approximate surface area is 147 Å². The molecule has 2 aromatic rings. The van der Waals surface area contributed by atoms with Gasteiger partial charge < -0.3 is 11.1 Å². The first-order valence-corrected chi connectivity index (χ1v) is 9.76. The van der Waals surface area contributed by atoms with E-state index in [1.807, 2.05) is 13.8 Å². The molecule has 0 unspecified atom stereocenters. The molecule has 0 spiro atoms. The van der Waals surface area contributed by atoms with Gasteiger partial charge in [0.15, 0.2) is 0 Å². The average Bonchev–Trinajstić information content (AvgIpc) is 2.83. The highest BCUT2D eigenvalue weighted by Gasteiger charge is 2.24. The Bertz CT molecular complexity index is 764. The van der Waals surface area contributed by atoms with Gasteiger partial charge in [-0.1, -0.05) is 19.8 Å².